The number of thiazole rings is 1. The van der Waals surface area contributed by atoms with E-state index in [1.807, 2.05) is 73.6 Å². The summed E-state index contributed by atoms with van der Waals surface area (Å²) in [5.41, 5.74) is 1.32. The molecule has 1 amide bonds. The quantitative estimate of drug-likeness (QED) is 0.338. The number of nitrogens with zero attached hydrogens (tertiary/aromatic N) is 3. The average molecular weight is 498 g/mol. The number of rotatable bonds is 7. The molecule has 0 saturated carbocycles. The van der Waals surface area contributed by atoms with Gasteiger partial charge in [0.1, 0.15) is 11.5 Å². The molecular formula is C25H24ClN3O4S. The molecule has 1 aromatic heterocycles. The Labute approximate surface area is 207 Å². The summed E-state index contributed by atoms with van der Waals surface area (Å²) in [6.45, 7) is 1.42. The van der Waals surface area contributed by atoms with Gasteiger partial charge in [-0.1, -0.05) is 35.6 Å². The van der Waals surface area contributed by atoms with E-state index in [1.165, 1.54) is 11.3 Å². The molecule has 0 saturated heterocycles. The Balaban J connectivity index is 0.00000274. The number of hydrogen-bond donors (Lipinski definition) is 0. The van der Waals surface area contributed by atoms with Crippen LogP contribution in [0.4, 0.5) is 5.13 Å². The SMILES string of the molecule is CN(C)CCN(C(=O)c1cccc(Oc2ccccc2)c1)c1nc2cc3c(cc2s1)OCO3.Cl. The fourth-order valence-corrected chi connectivity index (χ4v) is 4.48. The molecule has 0 atom stereocenters. The normalized spacial score (nSPS) is 12.0. The zero-order valence-corrected chi connectivity index (χ0v) is 20.4. The standard InChI is InChI=1S/C25H23N3O4S.ClH/c1-27(2)11-12-28(25-26-20-14-21-22(31-16-30-21)15-23(20)33-25)24(29)17-7-6-10-19(13-17)32-18-8-4-3-5-9-18;/h3-10,13-15H,11-12,16H2,1-2H3;1H. The Bertz CT molecular complexity index is 1260. The van der Waals surface area contributed by atoms with E-state index < -0.39 is 0 Å². The molecule has 0 bridgehead atoms. The van der Waals surface area contributed by atoms with Crippen LogP contribution in [0.2, 0.25) is 0 Å². The minimum Gasteiger partial charge on any atom is -0.457 e. The molecule has 5 rings (SSSR count). The first kappa shape index (κ1) is 23.8. The van der Waals surface area contributed by atoms with E-state index in [1.54, 1.807) is 17.0 Å². The third kappa shape index (κ3) is 5.09. The number of hydrogen-bond acceptors (Lipinski definition) is 7. The third-order valence-electron chi connectivity index (χ3n) is 5.18. The third-order valence-corrected chi connectivity index (χ3v) is 6.22. The number of aromatic nitrogens is 1. The molecule has 176 valence electrons. The summed E-state index contributed by atoms with van der Waals surface area (Å²) < 4.78 is 17.8. The Hall–Kier alpha value is -3.33. The lowest BCUT2D eigenvalue weighted by atomic mass is 10.2. The van der Waals surface area contributed by atoms with Crippen LogP contribution < -0.4 is 19.1 Å². The molecule has 0 aliphatic carbocycles. The molecule has 1 aliphatic heterocycles. The van der Waals surface area contributed by atoms with Crippen molar-refractivity contribution in [3.05, 3.63) is 72.3 Å². The van der Waals surface area contributed by atoms with Crippen LogP contribution in [0.1, 0.15) is 10.4 Å². The van der Waals surface area contributed by atoms with Gasteiger partial charge in [-0.15, -0.1) is 12.4 Å². The summed E-state index contributed by atoms with van der Waals surface area (Å²) in [5, 5.41) is 0.634. The number of para-hydroxylation sites is 1. The second-order valence-corrected chi connectivity index (χ2v) is 8.88. The number of anilines is 1. The van der Waals surface area contributed by atoms with Crippen LogP contribution in [0.25, 0.3) is 10.2 Å². The minimum atomic E-state index is -0.130. The van der Waals surface area contributed by atoms with Gasteiger partial charge in [-0.2, -0.15) is 0 Å². The van der Waals surface area contributed by atoms with Crippen molar-refractivity contribution in [1.82, 2.24) is 9.88 Å². The molecule has 2 heterocycles. The molecule has 4 aromatic rings. The average Bonchev–Trinajstić information content (AvgIpc) is 3.44. The molecule has 3 aromatic carbocycles. The molecule has 0 fully saturated rings. The molecule has 0 unspecified atom stereocenters. The van der Waals surface area contributed by atoms with Crippen molar-refractivity contribution in [3.63, 3.8) is 0 Å². The Morgan fingerprint density at radius 3 is 2.47 bits per heavy atom. The summed E-state index contributed by atoms with van der Waals surface area (Å²) in [6, 6.07) is 20.5. The number of amides is 1. The van der Waals surface area contributed by atoms with E-state index in [2.05, 4.69) is 0 Å². The molecule has 0 spiro atoms. The molecule has 9 heteroatoms. The van der Waals surface area contributed by atoms with Crippen LogP contribution in [0.3, 0.4) is 0 Å². The fourth-order valence-electron chi connectivity index (χ4n) is 3.48. The largest absolute Gasteiger partial charge is 0.457 e. The molecule has 0 radical (unpaired) electrons. The summed E-state index contributed by atoms with van der Waals surface area (Å²) in [5.74, 6) is 2.57. The summed E-state index contributed by atoms with van der Waals surface area (Å²) in [4.78, 5) is 22.1. The second-order valence-electron chi connectivity index (χ2n) is 7.87. The van der Waals surface area contributed by atoms with Crippen molar-refractivity contribution in [2.45, 2.75) is 0 Å². The zero-order valence-electron chi connectivity index (χ0n) is 18.8. The number of benzene rings is 3. The molecule has 1 aliphatic rings. The Morgan fingerprint density at radius 1 is 0.971 bits per heavy atom. The predicted octanol–water partition coefficient (Wildman–Crippen LogP) is 5.45. The van der Waals surface area contributed by atoms with Gasteiger partial charge in [0, 0.05) is 30.8 Å². The van der Waals surface area contributed by atoms with Gasteiger partial charge in [0.05, 0.1) is 10.2 Å². The van der Waals surface area contributed by atoms with E-state index in [9.17, 15) is 4.79 Å². The number of ether oxygens (including phenoxy) is 3. The number of fused-ring (bicyclic) bond motifs is 2. The topological polar surface area (TPSA) is 64.1 Å². The molecule has 0 N–H and O–H groups in total. The highest BCUT2D eigenvalue weighted by molar-refractivity contribution is 7.22. The van der Waals surface area contributed by atoms with Crippen molar-refractivity contribution < 1.29 is 19.0 Å². The summed E-state index contributed by atoms with van der Waals surface area (Å²) >= 11 is 1.46. The fraction of sp³-hybridized carbons (Fsp3) is 0.200. The van der Waals surface area contributed by atoms with Crippen LogP contribution in [0.15, 0.2) is 66.7 Å². The van der Waals surface area contributed by atoms with Crippen molar-refractivity contribution >= 4 is 45.0 Å². The number of carbonyl (C=O) groups is 1. The van der Waals surface area contributed by atoms with E-state index >= 15 is 0 Å². The Kier molecular flexibility index (Phi) is 7.21. The van der Waals surface area contributed by atoms with E-state index in [4.69, 9.17) is 19.2 Å². The molecule has 34 heavy (non-hydrogen) atoms. The first-order valence-corrected chi connectivity index (χ1v) is 11.4. The highest BCUT2D eigenvalue weighted by Gasteiger charge is 2.24. The lowest BCUT2D eigenvalue weighted by molar-refractivity contribution is 0.0985. The first-order chi connectivity index (χ1) is 16.1. The number of halogens is 1. The van der Waals surface area contributed by atoms with Crippen LogP contribution in [0, 0.1) is 0 Å². The smallest absolute Gasteiger partial charge is 0.260 e. The van der Waals surface area contributed by atoms with Crippen LogP contribution >= 0.6 is 23.7 Å². The highest BCUT2D eigenvalue weighted by Crippen LogP contribution is 2.40. The first-order valence-electron chi connectivity index (χ1n) is 10.6. The van der Waals surface area contributed by atoms with Crippen molar-refractivity contribution in [2.75, 3.05) is 38.9 Å². The van der Waals surface area contributed by atoms with E-state index in [-0.39, 0.29) is 25.1 Å². The van der Waals surface area contributed by atoms with Crippen molar-refractivity contribution in [2.24, 2.45) is 0 Å². The van der Waals surface area contributed by atoms with Gasteiger partial charge in [-0.3, -0.25) is 9.69 Å². The summed E-state index contributed by atoms with van der Waals surface area (Å²) in [7, 11) is 3.96. The summed E-state index contributed by atoms with van der Waals surface area (Å²) in [6.07, 6.45) is 0. The number of carbonyl (C=O) groups excluding carboxylic acids is 1. The predicted molar refractivity (Wildman–Crippen MR) is 136 cm³/mol. The lowest BCUT2D eigenvalue weighted by Crippen LogP contribution is -2.36. The van der Waals surface area contributed by atoms with Crippen LogP contribution in [0.5, 0.6) is 23.0 Å². The maximum atomic E-state index is 13.6. The second kappa shape index (κ2) is 10.3. The monoisotopic (exact) mass is 497 g/mol. The lowest BCUT2D eigenvalue weighted by Gasteiger charge is -2.22. The van der Waals surface area contributed by atoms with Gasteiger partial charge in [0.15, 0.2) is 16.6 Å². The molecule has 7 nitrogen and oxygen atoms in total. The van der Waals surface area contributed by atoms with Gasteiger partial charge < -0.3 is 19.1 Å². The molecular weight excluding hydrogens is 474 g/mol. The van der Waals surface area contributed by atoms with Gasteiger partial charge in [0.2, 0.25) is 6.79 Å². The van der Waals surface area contributed by atoms with E-state index in [0.29, 0.717) is 41.0 Å². The van der Waals surface area contributed by atoms with Crippen molar-refractivity contribution in [3.8, 4) is 23.0 Å². The van der Waals surface area contributed by atoms with Crippen molar-refractivity contribution in [1.29, 1.82) is 0 Å². The maximum Gasteiger partial charge on any atom is 0.260 e. The maximum absolute atomic E-state index is 13.6. The van der Waals surface area contributed by atoms with Gasteiger partial charge in [-0.25, -0.2) is 4.98 Å². The minimum absolute atomic E-state index is 0. The van der Waals surface area contributed by atoms with Crippen LogP contribution in [-0.2, 0) is 0 Å². The highest BCUT2D eigenvalue weighted by atomic mass is 35.5. The van der Waals surface area contributed by atoms with Gasteiger partial charge >= 0.3 is 0 Å². The van der Waals surface area contributed by atoms with Crippen LogP contribution in [-0.4, -0.2) is 49.8 Å². The Morgan fingerprint density at radius 2 is 1.71 bits per heavy atom. The van der Waals surface area contributed by atoms with Gasteiger partial charge in [0.25, 0.3) is 5.91 Å². The van der Waals surface area contributed by atoms with Gasteiger partial charge in [-0.05, 0) is 44.4 Å². The van der Waals surface area contributed by atoms with E-state index in [0.717, 1.165) is 16.0 Å². The zero-order chi connectivity index (χ0) is 22.8. The number of likely N-dealkylation sites (N-methyl/N-ethyl adjacent to an activating group) is 1.